The van der Waals surface area contributed by atoms with Gasteiger partial charge in [-0.3, -0.25) is 9.78 Å². The number of aromatic amines is 1. The Morgan fingerprint density at radius 2 is 2.06 bits per heavy atom. The van der Waals surface area contributed by atoms with Gasteiger partial charge in [-0.1, -0.05) is 6.07 Å². The number of halogens is 1. The van der Waals surface area contributed by atoms with Crippen LogP contribution in [0.3, 0.4) is 0 Å². The average Bonchev–Trinajstić information content (AvgIpc) is 3.21. The van der Waals surface area contributed by atoms with E-state index in [9.17, 15) is 9.18 Å². The van der Waals surface area contributed by atoms with Crippen molar-refractivity contribution in [2.45, 2.75) is 13.3 Å². The lowest BCUT2D eigenvalue weighted by molar-refractivity contribution is 0.0761. The molecule has 0 aliphatic rings. The maximum absolute atomic E-state index is 13.7. The van der Waals surface area contributed by atoms with Crippen molar-refractivity contribution in [3.05, 3.63) is 78.1 Å². The van der Waals surface area contributed by atoms with Crippen LogP contribution in [0.2, 0.25) is 0 Å². The predicted octanol–water partition coefficient (Wildman–Crippen LogP) is 4.48. The molecule has 4 rings (SSSR count). The number of H-pyrrole nitrogens is 1. The van der Waals surface area contributed by atoms with E-state index < -0.39 is 0 Å². The number of likely N-dealkylation sites (N-methyl/N-ethyl adjacent to an activating group) is 1. The zero-order chi connectivity index (χ0) is 21.8. The van der Waals surface area contributed by atoms with E-state index in [2.05, 4.69) is 15.0 Å². The summed E-state index contributed by atoms with van der Waals surface area (Å²) in [6.45, 7) is 2.96. The SMILES string of the molecule is CCN(CCc1c[nH]c2ccc(F)cc12)C(=O)c1ncccc1-c1ccc(OC)nc1. The van der Waals surface area contributed by atoms with Crippen LogP contribution in [0, 0.1) is 5.82 Å². The lowest BCUT2D eigenvalue weighted by Gasteiger charge is -2.21. The van der Waals surface area contributed by atoms with Crippen LogP contribution in [0.4, 0.5) is 4.39 Å². The van der Waals surface area contributed by atoms with Crippen molar-refractivity contribution in [1.29, 1.82) is 0 Å². The molecule has 158 valence electrons. The third kappa shape index (κ3) is 4.26. The Labute approximate surface area is 179 Å². The molecule has 0 unspecified atom stereocenters. The molecular weight excluding hydrogens is 395 g/mol. The Morgan fingerprint density at radius 3 is 2.81 bits per heavy atom. The maximum Gasteiger partial charge on any atom is 0.273 e. The predicted molar refractivity (Wildman–Crippen MR) is 118 cm³/mol. The summed E-state index contributed by atoms with van der Waals surface area (Å²) in [7, 11) is 1.56. The van der Waals surface area contributed by atoms with Crippen LogP contribution in [-0.4, -0.2) is 46.0 Å². The van der Waals surface area contributed by atoms with E-state index in [1.165, 1.54) is 12.1 Å². The van der Waals surface area contributed by atoms with Gasteiger partial charge in [-0.25, -0.2) is 9.37 Å². The summed E-state index contributed by atoms with van der Waals surface area (Å²) in [4.78, 5) is 26.8. The molecule has 6 nitrogen and oxygen atoms in total. The van der Waals surface area contributed by atoms with Crippen molar-refractivity contribution in [3.8, 4) is 17.0 Å². The summed E-state index contributed by atoms with van der Waals surface area (Å²) in [6.07, 6.45) is 5.76. The van der Waals surface area contributed by atoms with Crippen LogP contribution in [-0.2, 0) is 6.42 Å². The number of nitrogens with one attached hydrogen (secondary N) is 1. The maximum atomic E-state index is 13.7. The van der Waals surface area contributed by atoms with Gasteiger partial charge in [0.2, 0.25) is 5.88 Å². The number of carbonyl (C=O) groups is 1. The number of methoxy groups -OCH3 is 1. The van der Waals surface area contributed by atoms with E-state index in [0.29, 0.717) is 31.1 Å². The van der Waals surface area contributed by atoms with Crippen molar-refractivity contribution in [1.82, 2.24) is 19.9 Å². The molecular formula is C24H23FN4O2. The summed E-state index contributed by atoms with van der Waals surface area (Å²) < 4.78 is 18.8. The number of pyridine rings is 2. The smallest absolute Gasteiger partial charge is 0.273 e. The van der Waals surface area contributed by atoms with E-state index in [-0.39, 0.29) is 11.7 Å². The first-order valence-electron chi connectivity index (χ1n) is 10.1. The van der Waals surface area contributed by atoms with Crippen molar-refractivity contribution < 1.29 is 13.9 Å². The van der Waals surface area contributed by atoms with Crippen LogP contribution in [0.15, 0.2) is 61.1 Å². The van der Waals surface area contributed by atoms with Gasteiger partial charge in [0, 0.05) is 59.8 Å². The van der Waals surface area contributed by atoms with Gasteiger partial charge < -0.3 is 14.6 Å². The number of fused-ring (bicyclic) bond motifs is 1. The Bertz CT molecular complexity index is 1200. The van der Waals surface area contributed by atoms with Crippen LogP contribution in [0.25, 0.3) is 22.0 Å². The van der Waals surface area contributed by atoms with Gasteiger partial charge in [-0.05, 0) is 49.2 Å². The van der Waals surface area contributed by atoms with E-state index in [1.807, 2.05) is 25.3 Å². The fraction of sp³-hybridized carbons (Fsp3) is 0.208. The van der Waals surface area contributed by atoms with Crippen LogP contribution >= 0.6 is 0 Å². The molecule has 0 aliphatic heterocycles. The normalized spacial score (nSPS) is 10.9. The van der Waals surface area contributed by atoms with E-state index in [1.54, 1.807) is 42.6 Å². The second-order valence-electron chi connectivity index (χ2n) is 7.13. The molecule has 0 saturated heterocycles. The lowest BCUT2D eigenvalue weighted by Crippen LogP contribution is -2.33. The quantitative estimate of drug-likeness (QED) is 0.480. The van der Waals surface area contributed by atoms with Gasteiger partial charge in [0.05, 0.1) is 7.11 Å². The Hall–Kier alpha value is -3.74. The number of hydrogen-bond acceptors (Lipinski definition) is 4. The van der Waals surface area contributed by atoms with Crippen molar-refractivity contribution >= 4 is 16.8 Å². The minimum atomic E-state index is -0.275. The Kier molecular flexibility index (Phi) is 5.93. The molecule has 0 atom stereocenters. The first kappa shape index (κ1) is 20.5. The third-order valence-electron chi connectivity index (χ3n) is 5.32. The molecule has 3 aromatic heterocycles. The highest BCUT2D eigenvalue weighted by molar-refractivity contribution is 5.99. The van der Waals surface area contributed by atoms with Gasteiger partial charge in [0.1, 0.15) is 11.5 Å². The standard InChI is InChI=1S/C24H23FN4O2/c1-3-29(12-10-17-14-27-21-8-7-18(25)13-20(17)21)24(30)23-19(5-4-11-26-23)16-6-9-22(31-2)28-15-16/h4-9,11,13-15,27H,3,10,12H2,1-2H3. The zero-order valence-electron chi connectivity index (χ0n) is 17.4. The summed E-state index contributed by atoms with van der Waals surface area (Å²) in [5.41, 5.74) is 3.74. The molecule has 7 heteroatoms. The molecule has 0 bridgehead atoms. The van der Waals surface area contributed by atoms with Crippen molar-refractivity contribution in [2.75, 3.05) is 20.2 Å². The number of carbonyl (C=O) groups excluding carboxylic acids is 1. The highest BCUT2D eigenvalue weighted by atomic mass is 19.1. The fourth-order valence-electron chi connectivity index (χ4n) is 3.63. The highest BCUT2D eigenvalue weighted by Crippen LogP contribution is 2.25. The van der Waals surface area contributed by atoms with Crippen LogP contribution in [0.1, 0.15) is 23.0 Å². The molecule has 0 spiro atoms. The van der Waals surface area contributed by atoms with Gasteiger partial charge in [-0.2, -0.15) is 0 Å². The number of rotatable bonds is 7. The van der Waals surface area contributed by atoms with Gasteiger partial charge >= 0.3 is 0 Å². The number of benzene rings is 1. The zero-order valence-corrected chi connectivity index (χ0v) is 17.4. The molecule has 0 radical (unpaired) electrons. The molecule has 3 heterocycles. The van der Waals surface area contributed by atoms with Gasteiger partial charge in [0.15, 0.2) is 0 Å². The molecule has 0 saturated carbocycles. The van der Waals surface area contributed by atoms with Crippen molar-refractivity contribution in [3.63, 3.8) is 0 Å². The Morgan fingerprint density at radius 1 is 1.19 bits per heavy atom. The fourth-order valence-corrected chi connectivity index (χ4v) is 3.63. The highest BCUT2D eigenvalue weighted by Gasteiger charge is 2.20. The summed E-state index contributed by atoms with van der Waals surface area (Å²) in [5.74, 6) is 0.0776. The van der Waals surface area contributed by atoms with Gasteiger partial charge in [0.25, 0.3) is 5.91 Å². The van der Waals surface area contributed by atoms with Gasteiger partial charge in [-0.15, -0.1) is 0 Å². The monoisotopic (exact) mass is 418 g/mol. The first-order chi connectivity index (χ1) is 15.1. The lowest BCUT2D eigenvalue weighted by atomic mass is 10.0. The number of nitrogens with zero attached hydrogens (tertiary/aromatic N) is 3. The molecule has 1 aromatic carbocycles. The molecule has 1 amide bonds. The molecule has 0 aliphatic carbocycles. The molecule has 0 fully saturated rings. The third-order valence-corrected chi connectivity index (χ3v) is 5.32. The van der Waals surface area contributed by atoms with E-state index >= 15 is 0 Å². The number of amides is 1. The second-order valence-corrected chi connectivity index (χ2v) is 7.13. The minimum absolute atomic E-state index is 0.153. The molecule has 1 N–H and O–H groups in total. The first-order valence-corrected chi connectivity index (χ1v) is 10.1. The number of aromatic nitrogens is 3. The second kappa shape index (κ2) is 8.95. The van der Waals surface area contributed by atoms with Crippen molar-refractivity contribution in [2.24, 2.45) is 0 Å². The number of hydrogen-bond donors (Lipinski definition) is 1. The summed E-state index contributed by atoms with van der Waals surface area (Å²) in [5, 5.41) is 0.839. The van der Waals surface area contributed by atoms with Crippen LogP contribution < -0.4 is 4.74 Å². The topological polar surface area (TPSA) is 71.1 Å². The van der Waals surface area contributed by atoms with Crippen LogP contribution in [0.5, 0.6) is 5.88 Å². The van der Waals surface area contributed by atoms with E-state index in [0.717, 1.165) is 27.6 Å². The largest absolute Gasteiger partial charge is 0.481 e. The van der Waals surface area contributed by atoms with E-state index in [4.69, 9.17) is 4.74 Å². The molecule has 4 aromatic rings. The summed E-state index contributed by atoms with van der Waals surface area (Å²) >= 11 is 0. The number of ether oxygens (including phenoxy) is 1. The minimum Gasteiger partial charge on any atom is -0.481 e. The summed E-state index contributed by atoms with van der Waals surface area (Å²) in [6, 6.07) is 11.9. The molecule has 31 heavy (non-hydrogen) atoms. The Balaban J connectivity index is 1.56. The average molecular weight is 418 g/mol.